The fourth-order valence-corrected chi connectivity index (χ4v) is 18.0. The number of carbonyl (C=O) groups excluding carboxylic acids is 13. The maximum Gasteiger partial charge on any atom is 0.325 e. The van der Waals surface area contributed by atoms with Gasteiger partial charge in [-0.1, -0.05) is 111 Å². The molecule has 6 aromatic rings. The molecule has 2 saturated heterocycles. The Labute approximate surface area is 774 Å². The Kier molecular flexibility index (Phi) is 37.0. The molecule has 2 unspecified atom stereocenters. The van der Waals surface area contributed by atoms with Crippen molar-refractivity contribution in [3.05, 3.63) is 149 Å². The van der Waals surface area contributed by atoms with Crippen LogP contribution in [-0.4, -0.2) is 284 Å². The second-order valence-electron chi connectivity index (χ2n) is 33.2. The molecule has 7 aliphatic rings. The van der Waals surface area contributed by atoms with Crippen molar-refractivity contribution >= 4 is 124 Å². The van der Waals surface area contributed by atoms with E-state index in [-0.39, 0.29) is 134 Å². The van der Waals surface area contributed by atoms with Crippen LogP contribution < -0.4 is 75.3 Å². The topological polar surface area (TPSA) is 626 Å². The average Bonchev–Trinajstić information content (AvgIpc) is 1.61. The number of rotatable bonds is 17. The third-order valence-corrected chi connectivity index (χ3v) is 25.8. The number of guanidine groups is 1. The van der Waals surface area contributed by atoms with E-state index in [1.54, 1.807) is 74.5 Å². The molecule has 1 aromatic heterocycles. The number of phenols is 2. The molecule has 23 N–H and O–H groups in total. The summed E-state index contributed by atoms with van der Waals surface area (Å²) < 4.78 is 0. The molecule has 40 nitrogen and oxygen atoms in total. The summed E-state index contributed by atoms with van der Waals surface area (Å²) >= 11 is 3.61. The van der Waals surface area contributed by atoms with Crippen molar-refractivity contribution in [2.24, 2.45) is 17.4 Å². The van der Waals surface area contributed by atoms with Crippen LogP contribution in [0.4, 0.5) is 0 Å². The van der Waals surface area contributed by atoms with E-state index in [1.807, 2.05) is 12.1 Å². The van der Waals surface area contributed by atoms with E-state index in [9.17, 15) is 88.2 Å². The van der Waals surface area contributed by atoms with Crippen LogP contribution >= 0.6 is 35.3 Å². The molecule has 708 valence electrons. The van der Waals surface area contributed by atoms with Crippen LogP contribution in [0.25, 0.3) is 34.2 Å². The normalized spacial score (nSPS) is 24.0. The second-order valence-corrected chi connectivity index (χ2v) is 36.3. The van der Waals surface area contributed by atoms with Crippen LogP contribution in [-0.2, 0) is 97.2 Å². The van der Waals surface area contributed by atoms with Gasteiger partial charge >= 0.3 is 5.97 Å². The van der Waals surface area contributed by atoms with Crippen molar-refractivity contribution in [1.82, 2.24) is 88.6 Å². The van der Waals surface area contributed by atoms with Gasteiger partial charge in [0, 0.05) is 83.7 Å². The fourth-order valence-electron chi connectivity index (χ4n) is 14.9. The summed E-state index contributed by atoms with van der Waals surface area (Å²) in [6.07, 6.45) is -3.62. The zero-order valence-electron chi connectivity index (χ0n) is 73.6. The first-order valence-corrected chi connectivity index (χ1v) is 46.7. The Morgan fingerprint density at radius 2 is 0.917 bits per heavy atom. The molecule has 5 aromatic carbocycles. The second kappa shape index (κ2) is 48.0. The number of aromatic nitrogens is 3. The smallest absolute Gasteiger partial charge is 0.325 e. The molecular formula is C89H114N20O20S3. The summed E-state index contributed by atoms with van der Waals surface area (Å²) in [6, 6.07) is 11.2. The van der Waals surface area contributed by atoms with Crippen molar-refractivity contribution in [1.29, 1.82) is 5.41 Å². The van der Waals surface area contributed by atoms with Gasteiger partial charge in [0.2, 0.25) is 76.8 Å². The van der Waals surface area contributed by atoms with Crippen molar-refractivity contribution in [3.8, 4) is 45.7 Å². The highest BCUT2D eigenvalue weighted by Crippen LogP contribution is 2.31. The molecule has 0 aliphatic carbocycles. The van der Waals surface area contributed by atoms with Gasteiger partial charge < -0.3 is 116 Å². The Balaban J connectivity index is 1.06. The molecule has 0 spiro atoms. The highest BCUT2D eigenvalue weighted by Gasteiger charge is 2.46. The molecule has 13 rings (SSSR count). The number of carbonyl (C=O) groups is 14. The third kappa shape index (κ3) is 28.5. The minimum Gasteiger partial charge on any atom is -0.508 e. The monoisotopic (exact) mass is 1880 g/mol. The average molecular weight is 1880 g/mol. The minimum absolute atomic E-state index is 0.0169. The van der Waals surface area contributed by atoms with Gasteiger partial charge in [-0.3, -0.25) is 72.5 Å². The van der Waals surface area contributed by atoms with Gasteiger partial charge in [-0.15, -0.1) is 0 Å². The van der Waals surface area contributed by atoms with Gasteiger partial charge in [0.15, 0.2) is 23.4 Å². The zero-order valence-corrected chi connectivity index (χ0v) is 76.1. The first-order valence-electron chi connectivity index (χ1n) is 43.2. The number of nitrogens with one attached hydrogen (secondary N) is 13. The number of carboxylic acid groups (broad SMARTS) is 1. The van der Waals surface area contributed by atoms with E-state index in [1.165, 1.54) is 114 Å². The standard InChI is InChI=1S/C89H114N20O20S3/c1-45(2)69-83(123)100-64(80(120)94-47(4)88(128)129)42-130-39-52-13-23-55(24-14-52)72-105-73-56-25-15-53(16-26-56)40-131-43-65(99-75(115)46(3)90)81(121)95-60(10-7-33-93-89(91)92)76(116)96-61(36-50-19-29-58(113)30-20-50)77(117)103-70(48(5)111)84(124)98-63(38-110)79(119)101-66(44-132-41-54-17-27-57(28-18-54)74(106-72)107-73)86(126)109-35-9-12-68(109)87(127)108-34-8-11-67(108)82(122)97-62(37-51-21-31-59(114)32-22-51)78(118)104-71(49(6)112)85(125)102-69/h13-32,45-49,60-71,110-114H,7-12,33-44,90H2,1-6H3,(H,94,120)(H,95,121)(H,96,116)(H,97,122)(H,98,124)(H,99,115)(H,100,123)(H,101,119)(H,102,125)(H,103,117)(H,104,118)(H,128,129)(H4,91,92,93)/t46-,47-,48+,49+,60-,61-,62-,63-,64-,65-,66-,67-,68-,69-,70?,71?/m0/s1. The zero-order chi connectivity index (χ0) is 95.7. The van der Waals surface area contributed by atoms with Gasteiger partial charge in [0.1, 0.15) is 90.0 Å². The molecule has 0 saturated carbocycles. The number of hydrogen-bond acceptors (Lipinski definition) is 27. The molecule has 7 aliphatic heterocycles. The Morgan fingerprint density at radius 1 is 0.500 bits per heavy atom. The quantitative estimate of drug-likeness (QED) is 0.0224. The maximum atomic E-state index is 15.6. The van der Waals surface area contributed by atoms with E-state index in [4.69, 9.17) is 31.8 Å². The lowest BCUT2D eigenvalue weighted by atomic mass is 10.0. The number of aromatic hydroxyl groups is 2. The lowest BCUT2D eigenvalue weighted by molar-refractivity contribution is -0.148. The lowest BCUT2D eigenvalue weighted by Crippen LogP contribution is -2.63. The number of thioether (sulfide) groups is 3. The summed E-state index contributed by atoms with van der Waals surface area (Å²) in [7, 11) is 0. The highest BCUT2D eigenvalue weighted by atomic mass is 32.2. The molecule has 2 fully saturated rings. The Hall–Kier alpha value is -12.5. The van der Waals surface area contributed by atoms with Crippen LogP contribution in [0.1, 0.15) is 108 Å². The number of fused-ring (bicyclic) bond motifs is 18. The number of benzene rings is 5. The van der Waals surface area contributed by atoms with Crippen molar-refractivity contribution in [3.63, 3.8) is 0 Å². The summed E-state index contributed by atoms with van der Waals surface area (Å²) in [6.45, 7) is 6.92. The summed E-state index contributed by atoms with van der Waals surface area (Å²) in [5.74, 6) is -14.2. The molecule has 13 amide bonds. The number of amides is 13. The van der Waals surface area contributed by atoms with Crippen molar-refractivity contribution in [2.45, 2.75) is 207 Å². The van der Waals surface area contributed by atoms with Gasteiger partial charge in [-0.25, -0.2) is 15.0 Å². The first kappa shape index (κ1) is 102. The van der Waals surface area contributed by atoms with Gasteiger partial charge in [0.05, 0.1) is 24.9 Å². The van der Waals surface area contributed by atoms with Crippen LogP contribution in [0, 0.1) is 11.3 Å². The van der Waals surface area contributed by atoms with Crippen LogP contribution in [0.5, 0.6) is 11.5 Å². The molecule has 16 atom stereocenters. The van der Waals surface area contributed by atoms with Crippen LogP contribution in [0.15, 0.2) is 121 Å². The Morgan fingerprint density at radius 3 is 1.38 bits per heavy atom. The SMILES string of the molecule is CC(C)[C@@H]1NC(=O)C([C@@H](C)O)NC(=O)[C@H](Cc2ccc(O)cc2)NC(=O)[C@@H]2CCCN2C(=O)[C@@H]2CCCN2C(=O)[C@@H]2CSCc3ccc(cc3)-c3nc(nc(n3)-c3ccc(cc3)CSC[C@@H](C(=O)N[C@@H](C)C(=O)O)NC1=O)-c1ccc(cc1)CSC[C@H](NC(=O)[C@H](C)N)C(=O)N[C@@H](CCCNC(=N)N)C(=O)N[C@@H](Cc1ccc(O)cc1)C(=O)NC([C@@H](C)O)C(=O)N[C@@H](CO)C(=O)N2. The number of aliphatic carboxylic acids is 1. The molecular weight excluding hydrogens is 1770 g/mol. The minimum atomic E-state index is -1.97. The molecule has 8 heterocycles. The largest absolute Gasteiger partial charge is 0.508 e. The predicted molar refractivity (Wildman–Crippen MR) is 490 cm³/mol. The lowest BCUT2D eigenvalue weighted by Gasteiger charge is -2.34. The summed E-state index contributed by atoms with van der Waals surface area (Å²) in [5, 5.41) is 103. The number of aliphatic hydroxyl groups excluding tert-OH is 3. The highest BCUT2D eigenvalue weighted by molar-refractivity contribution is 7.99. The van der Waals surface area contributed by atoms with Gasteiger partial charge in [0.25, 0.3) is 0 Å². The van der Waals surface area contributed by atoms with Crippen molar-refractivity contribution in [2.75, 3.05) is 43.5 Å². The van der Waals surface area contributed by atoms with E-state index in [0.29, 0.717) is 38.9 Å². The van der Waals surface area contributed by atoms with Crippen molar-refractivity contribution < 1.29 is 97.8 Å². The number of aliphatic hydroxyl groups is 3. The predicted octanol–water partition coefficient (Wildman–Crippen LogP) is -1.06. The molecule has 132 heavy (non-hydrogen) atoms. The number of phenolic OH excluding ortho intramolecular Hbond substituents is 2. The number of nitrogens with zero attached hydrogens (tertiary/aromatic N) is 5. The van der Waals surface area contributed by atoms with Crippen LogP contribution in [0.2, 0.25) is 0 Å². The number of carboxylic acids is 1. The molecule has 0 radical (unpaired) electrons. The maximum absolute atomic E-state index is 15.6. The van der Waals surface area contributed by atoms with E-state index >= 15 is 9.59 Å². The third-order valence-electron chi connectivity index (χ3n) is 22.4. The van der Waals surface area contributed by atoms with Gasteiger partial charge in [-0.2, -0.15) is 35.3 Å². The number of nitrogens with two attached hydrogens (primary N) is 2. The Bertz CT molecular complexity index is 5120. The first-order chi connectivity index (χ1) is 62.9. The van der Waals surface area contributed by atoms with E-state index in [2.05, 4.69) is 63.8 Å². The van der Waals surface area contributed by atoms with Gasteiger partial charge in [-0.05, 0) is 124 Å². The summed E-state index contributed by atoms with van der Waals surface area (Å²) in [5.41, 5.74) is 16.1. The molecule has 43 heteroatoms. The van der Waals surface area contributed by atoms with Crippen LogP contribution in [0.3, 0.4) is 0 Å². The van der Waals surface area contributed by atoms with E-state index < -0.39 is 198 Å². The number of hydrogen-bond donors (Lipinski definition) is 21. The molecule has 10 bridgehead atoms. The van der Waals surface area contributed by atoms with E-state index in [0.717, 1.165) is 12.5 Å². The fraction of sp³-hybridized carbons (Fsp3) is 0.461. The summed E-state index contributed by atoms with van der Waals surface area (Å²) in [4.78, 5) is 221.